The molecule has 1 heterocycles. The largest absolute Gasteiger partial charge is 0.493 e. The lowest BCUT2D eigenvalue weighted by molar-refractivity contribution is 0.102. The Kier molecular flexibility index (Phi) is 4.47. The maximum atomic E-state index is 12.5. The van der Waals surface area contributed by atoms with Gasteiger partial charge in [-0.15, -0.1) is 0 Å². The van der Waals surface area contributed by atoms with Crippen LogP contribution in [0.1, 0.15) is 16.2 Å². The summed E-state index contributed by atoms with van der Waals surface area (Å²) in [5, 5.41) is 2.82. The molecular formula is C18H18N2O5. The average Bonchev–Trinajstić information content (AvgIpc) is 2.99. The quantitative estimate of drug-likeness (QED) is 0.765. The first-order valence-corrected chi connectivity index (χ1v) is 7.54. The first kappa shape index (κ1) is 16.6. The van der Waals surface area contributed by atoms with Gasteiger partial charge in [-0.05, 0) is 18.2 Å². The Balaban J connectivity index is 1.91. The van der Waals surface area contributed by atoms with E-state index >= 15 is 0 Å². The lowest BCUT2D eigenvalue weighted by Crippen LogP contribution is -2.12. The summed E-state index contributed by atoms with van der Waals surface area (Å²) in [5.41, 5.74) is 2.27. The normalized spacial score (nSPS) is 10.6. The number of fused-ring (bicyclic) bond motifs is 1. The van der Waals surface area contributed by atoms with E-state index in [9.17, 15) is 4.79 Å². The standard InChI is InChI=1S/C18H18N2O5/c1-10-19-13-7-11(5-6-14(13)25-10)18(21)20-12-8-15(22-2)17(24-4)16(9-12)23-3/h5-9H,1-4H3,(H,20,21). The maximum absolute atomic E-state index is 12.5. The summed E-state index contributed by atoms with van der Waals surface area (Å²) in [6.45, 7) is 1.76. The van der Waals surface area contributed by atoms with Crippen LogP contribution in [0.3, 0.4) is 0 Å². The van der Waals surface area contributed by atoms with Crippen LogP contribution in [0, 0.1) is 6.92 Å². The van der Waals surface area contributed by atoms with Crippen LogP contribution in [0.15, 0.2) is 34.7 Å². The van der Waals surface area contributed by atoms with Gasteiger partial charge in [-0.2, -0.15) is 0 Å². The van der Waals surface area contributed by atoms with Gasteiger partial charge in [0.2, 0.25) is 5.75 Å². The zero-order chi connectivity index (χ0) is 18.0. The van der Waals surface area contributed by atoms with Crippen LogP contribution in [0.5, 0.6) is 17.2 Å². The number of methoxy groups -OCH3 is 3. The number of anilines is 1. The van der Waals surface area contributed by atoms with E-state index in [0.29, 0.717) is 45.5 Å². The molecule has 3 aromatic rings. The van der Waals surface area contributed by atoms with E-state index in [0.717, 1.165) is 0 Å². The number of amides is 1. The number of hydrogen-bond donors (Lipinski definition) is 1. The van der Waals surface area contributed by atoms with Gasteiger partial charge < -0.3 is 23.9 Å². The fraction of sp³-hybridized carbons (Fsp3) is 0.222. The zero-order valence-electron chi connectivity index (χ0n) is 14.4. The van der Waals surface area contributed by atoms with Gasteiger partial charge in [0, 0.05) is 30.3 Å². The Bertz CT molecular complexity index is 907. The molecule has 0 atom stereocenters. The third-order valence-electron chi connectivity index (χ3n) is 3.68. The molecule has 0 aliphatic carbocycles. The van der Waals surface area contributed by atoms with Crippen molar-refractivity contribution >= 4 is 22.7 Å². The predicted molar refractivity (Wildman–Crippen MR) is 92.8 cm³/mol. The van der Waals surface area contributed by atoms with Crippen molar-refractivity contribution < 1.29 is 23.4 Å². The van der Waals surface area contributed by atoms with E-state index in [1.807, 2.05) is 0 Å². The molecule has 2 aromatic carbocycles. The highest BCUT2D eigenvalue weighted by atomic mass is 16.5. The van der Waals surface area contributed by atoms with Crippen LogP contribution in [0.25, 0.3) is 11.1 Å². The minimum atomic E-state index is -0.281. The molecule has 1 N–H and O–H groups in total. The maximum Gasteiger partial charge on any atom is 0.255 e. The van der Waals surface area contributed by atoms with Crippen LogP contribution in [-0.4, -0.2) is 32.2 Å². The van der Waals surface area contributed by atoms with E-state index in [4.69, 9.17) is 18.6 Å². The highest BCUT2D eigenvalue weighted by Gasteiger charge is 2.16. The number of nitrogens with zero attached hydrogens (tertiary/aromatic N) is 1. The summed E-state index contributed by atoms with van der Waals surface area (Å²) < 4.78 is 21.3. The van der Waals surface area contributed by atoms with E-state index in [-0.39, 0.29) is 5.91 Å². The lowest BCUT2D eigenvalue weighted by atomic mass is 10.2. The lowest BCUT2D eigenvalue weighted by Gasteiger charge is -2.14. The molecule has 0 fully saturated rings. The predicted octanol–water partition coefficient (Wildman–Crippen LogP) is 3.41. The van der Waals surface area contributed by atoms with Gasteiger partial charge in [-0.25, -0.2) is 4.98 Å². The van der Waals surface area contributed by atoms with E-state index in [2.05, 4.69) is 10.3 Å². The number of nitrogens with one attached hydrogen (secondary N) is 1. The molecule has 0 bridgehead atoms. The molecule has 130 valence electrons. The molecule has 0 aliphatic rings. The number of hydrogen-bond acceptors (Lipinski definition) is 6. The Morgan fingerprint density at radius 3 is 2.32 bits per heavy atom. The Hall–Kier alpha value is -3.22. The molecule has 0 saturated heterocycles. The number of ether oxygens (including phenoxy) is 3. The number of rotatable bonds is 5. The number of oxazole rings is 1. The van der Waals surface area contributed by atoms with Gasteiger partial charge in [-0.3, -0.25) is 4.79 Å². The molecule has 7 nitrogen and oxygen atoms in total. The van der Waals surface area contributed by atoms with Crippen LogP contribution in [-0.2, 0) is 0 Å². The molecule has 3 rings (SSSR count). The first-order chi connectivity index (χ1) is 12.0. The molecule has 1 aromatic heterocycles. The second-order valence-corrected chi connectivity index (χ2v) is 5.28. The average molecular weight is 342 g/mol. The summed E-state index contributed by atoms with van der Waals surface area (Å²) in [6.07, 6.45) is 0. The van der Waals surface area contributed by atoms with Crippen LogP contribution in [0.2, 0.25) is 0 Å². The fourth-order valence-electron chi connectivity index (χ4n) is 2.54. The fourth-order valence-corrected chi connectivity index (χ4v) is 2.54. The van der Waals surface area contributed by atoms with E-state index < -0.39 is 0 Å². The summed E-state index contributed by atoms with van der Waals surface area (Å²) in [7, 11) is 4.56. The number of carbonyl (C=O) groups excluding carboxylic acids is 1. The van der Waals surface area contributed by atoms with Gasteiger partial charge in [0.25, 0.3) is 5.91 Å². The van der Waals surface area contributed by atoms with Gasteiger partial charge in [0.05, 0.1) is 21.3 Å². The van der Waals surface area contributed by atoms with Crippen molar-refractivity contribution in [1.29, 1.82) is 0 Å². The Labute approximate surface area is 144 Å². The second kappa shape index (κ2) is 6.72. The van der Waals surface area contributed by atoms with Crippen molar-refractivity contribution in [2.45, 2.75) is 6.92 Å². The van der Waals surface area contributed by atoms with Crippen molar-refractivity contribution in [2.24, 2.45) is 0 Å². The molecule has 0 saturated carbocycles. The van der Waals surface area contributed by atoms with Crippen molar-refractivity contribution in [3.05, 3.63) is 41.8 Å². The zero-order valence-corrected chi connectivity index (χ0v) is 14.4. The van der Waals surface area contributed by atoms with Crippen LogP contribution in [0.4, 0.5) is 5.69 Å². The van der Waals surface area contributed by atoms with E-state index in [1.54, 1.807) is 37.3 Å². The molecule has 0 spiro atoms. The summed E-state index contributed by atoms with van der Waals surface area (Å²) in [5.74, 6) is 1.65. The number of carbonyl (C=O) groups is 1. The smallest absolute Gasteiger partial charge is 0.255 e. The van der Waals surface area contributed by atoms with Crippen LogP contribution < -0.4 is 19.5 Å². The number of aryl methyl sites for hydroxylation is 1. The third-order valence-corrected chi connectivity index (χ3v) is 3.68. The van der Waals surface area contributed by atoms with E-state index in [1.165, 1.54) is 21.3 Å². The Morgan fingerprint density at radius 2 is 1.72 bits per heavy atom. The first-order valence-electron chi connectivity index (χ1n) is 7.54. The van der Waals surface area contributed by atoms with Crippen molar-refractivity contribution in [3.63, 3.8) is 0 Å². The molecule has 0 radical (unpaired) electrons. The third kappa shape index (κ3) is 3.21. The highest BCUT2D eigenvalue weighted by Crippen LogP contribution is 2.40. The SMILES string of the molecule is COc1cc(NC(=O)c2ccc3oc(C)nc3c2)cc(OC)c1OC. The van der Waals surface area contributed by atoms with Crippen LogP contribution >= 0.6 is 0 Å². The summed E-state index contributed by atoms with van der Waals surface area (Å²) in [4.78, 5) is 16.8. The number of aromatic nitrogens is 1. The summed E-state index contributed by atoms with van der Waals surface area (Å²) in [6, 6.07) is 8.41. The number of benzene rings is 2. The van der Waals surface area contributed by atoms with Crippen molar-refractivity contribution in [1.82, 2.24) is 4.98 Å². The topological polar surface area (TPSA) is 82.8 Å². The van der Waals surface area contributed by atoms with Gasteiger partial charge >= 0.3 is 0 Å². The van der Waals surface area contributed by atoms with Gasteiger partial charge in [0.15, 0.2) is 23.0 Å². The van der Waals surface area contributed by atoms with Gasteiger partial charge in [0.1, 0.15) is 5.52 Å². The Morgan fingerprint density at radius 1 is 1.04 bits per heavy atom. The van der Waals surface area contributed by atoms with Crippen molar-refractivity contribution in [3.8, 4) is 17.2 Å². The summed E-state index contributed by atoms with van der Waals surface area (Å²) >= 11 is 0. The minimum absolute atomic E-state index is 0.281. The molecule has 0 aliphatic heterocycles. The monoisotopic (exact) mass is 342 g/mol. The molecule has 7 heteroatoms. The molecule has 1 amide bonds. The van der Waals surface area contributed by atoms with Crippen molar-refractivity contribution in [2.75, 3.05) is 26.6 Å². The molecule has 25 heavy (non-hydrogen) atoms. The van der Waals surface area contributed by atoms with Gasteiger partial charge in [-0.1, -0.05) is 0 Å². The molecular weight excluding hydrogens is 324 g/mol. The minimum Gasteiger partial charge on any atom is -0.493 e. The second-order valence-electron chi connectivity index (χ2n) is 5.28. The highest BCUT2D eigenvalue weighted by molar-refractivity contribution is 6.06. The molecule has 0 unspecified atom stereocenters.